The molecular weight excluding hydrogens is 284 g/mol. The number of carbonyl (C=O) groups is 1. The highest BCUT2D eigenvalue weighted by atomic mass is 35.5. The first-order valence-electron chi connectivity index (χ1n) is 6.49. The standard InChI is InChI=1S/C17H13ClN2O/c18-12-8-9-16(14(10-12)17(19)21)20-15-7-3-5-11-4-1-2-6-13(11)15/h1-10,20H,(H2,19,21). The Bertz CT molecular complexity index is 825. The fraction of sp³-hybridized carbons (Fsp3) is 0. The smallest absolute Gasteiger partial charge is 0.250 e. The summed E-state index contributed by atoms with van der Waals surface area (Å²) in [4.78, 5) is 11.6. The topological polar surface area (TPSA) is 55.1 Å². The number of carbonyl (C=O) groups excluding carboxylic acids is 1. The van der Waals surface area contributed by atoms with Crippen LogP contribution in [0.25, 0.3) is 10.8 Å². The summed E-state index contributed by atoms with van der Waals surface area (Å²) in [7, 11) is 0. The zero-order valence-electron chi connectivity index (χ0n) is 11.1. The summed E-state index contributed by atoms with van der Waals surface area (Å²) in [6.45, 7) is 0. The summed E-state index contributed by atoms with van der Waals surface area (Å²) in [5.41, 5.74) is 7.34. The van der Waals surface area contributed by atoms with Gasteiger partial charge in [0.2, 0.25) is 0 Å². The highest BCUT2D eigenvalue weighted by Crippen LogP contribution is 2.29. The first-order chi connectivity index (χ1) is 10.1. The lowest BCUT2D eigenvalue weighted by molar-refractivity contribution is 0.100. The van der Waals surface area contributed by atoms with E-state index in [2.05, 4.69) is 5.32 Å². The number of hydrogen-bond acceptors (Lipinski definition) is 2. The first kappa shape index (κ1) is 13.5. The predicted molar refractivity (Wildman–Crippen MR) is 87.2 cm³/mol. The Kier molecular flexibility index (Phi) is 3.50. The molecule has 104 valence electrons. The molecule has 1 amide bonds. The predicted octanol–water partition coefficient (Wildman–Crippen LogP) is 4.34. The highest BCUT2D eigenvalue weighted by molar-refractivity contribution is 6.31. The lowest BCUT2D eigenvalue weighted by Crippen LogP contribution is -2.13. The van der Waals surface area contributed by atoms with Gasteiger partial charge in [-0.05, 0) is 29.7 Å². The van der Waals surface area contributed by atoms with Gasteiger partial charge in [0.15, 0.2) is 0 Å². The number of nitrogens with two attached hydrogens (primary N) is 1. The van der Waals surface area contributed by atoms with Crippen LogP contribution in [0.2, 0.25) is 5.02 Å². The molecule has 0 aliphatic rings. The van der Waals surface area contributed by atoms with Gasteiger partial charge in [0.25, 0.3) is 5.91 Å². The first-order valence-corrected chi connectivity index (χ1v) is 6.87. The van der Waals surface area contributed by atoms with Gasteiger partial charge < -0.3 is 11.1 Å². The number of halogens is 1. The lowest BCUT2D eigenvalue weighted by atomic mass is 10.1. The average molecular weight is 297 g/mol. The number of benzene rings is 3. The molecule has 0 bridgehead atoms. The summed E-state index contributed by atoms with van der Waals surface area (Å²) in [6.07, 6.45) is 0. The van der Waals surface area contributed by atoms with Gasteiger partial charge in [-0.15, -0.1) is 0 Å². The number of amides is 1. The largest absolute Gasteiger partial charge is 0.366 e. The third kappa shape index (κ3) is 2.69. The molecule has 0 atom stereocenters. The Morgan fingerprint density at radius 3 is 2.52 bits per heavy atom. The van der Waals surface area contributed by atoms with Crippen LogP contribution in [0.4, 0.5) is 11.4 Å². The van der Waals surface area contributed by atoms with Gasteiger partial charge in [-0.3, -0.25) is 4.79 Å². The Balaban J connectivity index is 2.09. The highest BCUT2D eigenvalue weighted by Gasteiger charge is 2.10. The van der Waals surface area contributed by atoms with Crippen molar-refractivity contribution < 1.29 is 4.79 Å². The molecule has 0 aliphatic heterocycles. The third-order valence-electron chi connectivity index (χ3n) is 3.31. The Labute approximate surface area is 127 Å². The minimum atomic E-state index is -0.514. The van der Waals surface area contributed by atoms with Crippen LogP contribution in [-0.4, -0.2) is 5.91 Å². The summed E-state index contributed by atoms with van der Waals surface area (Å²) in [5.74, 6) is -0.514. The molecule has 0 aromatic heterocycles. The van der Waals surface area contributed by atoms with Crippen molar-refractivity contribution in [3.8, 4) is 0 Å². The van der Waals surface area contributed by atoms with Gasteiger partial charge in [0.1, 0.15) is 0 Å². The zero-order chi connectivity index (χ0) is 14.8. The fourth-order valence-corrected chi connectivity index (χ4v) is 2.48. The molecule has 0 fully saturated rings. The van der Waals surface area contributed by atoms with Crippen molar-refractivity contribution in [2.75, 3.05) is 5.32 Å². The molecule has 0 saturated carbocycles. The molecule has 3 aromatic carbocycles. The Hall–Kier alpha value is -2.52. The number of primary amides is 1. The molecule has 0 unspecified atom stereocenters. The Morgan fingerprint density at radius 1 is 0.952 bits per heavy atom. The molecule has 0 spiro atoms. The van der Waals surface area contributed by atoms with Crippen LogP contribution in [0.1, 0.15) is 10.4 Å². The second kappa shape index (κ2) is 5.46. The maximum Gasteiger partial charge on any atom is 0.250 e. The number of hydrogen-bond donors (Lipinski definition) is 2. The lowest BCUT2D eigenvalue weighted by Gasteiger charge is -2.12. The summed E-state index contributed by atoms with van der Waals surface area (Å²) in [5, 5.41) is 5.94. The Morgan fingerprint density at radius 2 is 1.71 bits per heavy atom. The second-order valence-corrected chi connectivity index (χ2v) is 5.14. The number of nitrogens with one attached hydrogen (secondary N) is 1. The minimum absolute atomic E-state index is 0.371. The molecule has 3 rings (SSSR count). The van der Waals surface area contributed by atoms with Crippen molar-refractivity contribution in [2.24, 2.45) is 5.73 Å². The quantitative estimate of drug-likeness (QED) is 0.755. The van der Waals surface area contributed by atoms with Gasteiger partial charge in [-0.25, -0.2) is 0 Å². The summed E-state index contributed by atoms with van der Waals surface area (Å²) >= 11 is 5.92. The van der Waals surface area contributed by atoms with Crippen molar-refractivity contribution in [1.29, 1.82) is 0 Å². The molecule has 3 nitrogen and oxygen atoms in total. The number of rotatable bonds is 3. The van der Waals surface area contributed by atoms with Crippen molar-refractivity contribution in [3.05, 3.63) is 71.2 Å². The van der Waals surface area contributed by atoms with Crippen molar-refractivity contribution in [2.45, 2.75) is 0 Å². The van der Waals surface area contributed by atoms with E-state index >= 15 is 0 Å². The van der Waals surface area contributed by atoms with E-state index in [1.54, 1.807) is 18.2 Å². The molecule has 0 saturated heterocycles. The second-order valence-electron chi connectivity index (χ2n) is 4.71. The van der Waals surface area contributed by atoms with Crippen LogP contribution in [0.15, 0.2) is 60.7 Å². The molecule has 21 heavy (non-hydrogen) atoms. The molecule has 0 aliphatic carbocycles. The monoisotopic (exact) mass is 296 g/mol. The summed E-state index contributed by atoms with van der Waals surface area (Å²) < 4.78 is 0. The average Bonchev–Trinajstić information content (AvgIpc) is 2.49. The van der Waals surface area contributed by atoms with E-state index in [1.165, 1.54) is 0 Å². The maximum atomic E-state index is 11.6. The van der Waals surface area contributed by atoms with E-state index in [-0.39, 0.29) is 0 Å². The zero-order valence-corrected chi connectivity index (χ0v) is 11.9. The van der Waals surface area contributed by atoms with Crippen LogP contribution >= 0.6 is 11.6 Å². The summed E-state index contributed by atoms with van der Waals surface area (Å²) in [6, 6.07) is 19.0. The van der Waals surface area contributed by atoms with Gasteiger partial charge in [0, 0.05) is 16.1 Å². The molecule has 0 heterocycles. The van der Waals surface area contributed by atoms with E-state index in [1.807, 2.05) is 42.5 Å². The van der Waals surface area contributed by atoms with Crippen LogP contribution in [0.5, 0.6) is 0 Å². The van der Waals surface area contributed by atoms with E-state index in [9.17, 15) is 4.79 Å². The van der Waals surface area contributed by atoms with Crippen molar-refractivity contribution >= 4 is 39.7 Å². The number of anilines is 2. The molecule has 3 aromatic rings. The molecular formula is C17H13ClN2O. The van der Waals surface area contributed by atoms with Gasteiger partial charge in [0.05, 0.1) is 11.3 Å². The minimum Gasteiger partial charge on any atom is -0.366 e. The van der Waals surface area contributed by atoms with Crippen LogP contribution in [0, 0.1) is 0 Å². The number of fused-ring (bicyclic) bond motifs is 1. The van der Waals surface area contributed by atoms with Crippen LogP contribution in [0.3, 0.4) is 0 Å². The van der Waals surface area contributed by atoms with E-state index in [0.29, 0.717) is 16.3 Å². The molecule has 3 N–H and O–H groups in total. The van der Waals surface area contributed by atoms with Crippen LogP contribution < -0.4 is 11.1 Å². The van der Waals surface area contributed by atoms with E-state index in [4.69, 9.17) is 17.3 Å². The van der Waals surface area contributed by atoms with Gasteiger partial charge in [-0.2, -0.15) is 0 Å². The fourth-order valence-electron chi connectivity index (χ4n) is 2.31. The maximum absolute atomic E-state index is 11.6. The van der Waals surface area contributed by atoms with E-state index < -0.39 is 5.91 Å². The van der Waals surface area contributed by atoms with Crippen LogP contribution in [-0.2, 0) is 0 Å². The SMILES string of the molecule is NC(=O)c1cc(Cl)ccc1Nc1cccc2ccccc12. The van der Waals surface area contributed by atoms with E-state index in [0.717, 1.165) is 16.5 Å². The molecule has 4 heteroatoms. The van der Waals surface area contributed by atoms with Crippen molar-refractivity contribution in [1.82, 2.24) is 0 Å². The van der Waals surface area contributed by atoms with Gasteiger partial charge in [-0.1, -0.05) is 48.0 Å². The molecule has 0 radical (unpaired) electrons. The van der Waals surface area contributed by atoms with Crippen molar-refractivity contribution in [3.63, 3.8) is 0 Å². The van der Waals surface area contributed by atoms with Gasteiger partial charge >= 0.3 is 0 Å². The third-order valence-corrected chi connectivity index (χ3v) is 3.54. The normalized spacial score (nSPS) is 10.5.